The Morgan fingerprint density at radius 1 is 0.727 bits per heavy atom. The van der Waals surface area contributed by atoms with Gasteiger partial charge in [-0.25, -0.2) is 17.2 Å². The Labute approximate surface area is 126 Å². The predicted octanol–water partition coefficient (Wildman–Crippen LogP) is 3.92. The van der Waals surface area contributed by atoms with E-state index in [9.17, 15) is 17.2 Å². The summed E-state index contributed by atoms with van der Waals surface area (Å²) in [6.07, 6.45) is 0. The third-order valence-corrected chi connectivity index (χ3v) is 4.66. The van der Waals surface area contributed by atoms with Gasteiger partial charge in [0.25, 0.3) is 10.0 Å². The van der Waals surface area contributed by atoms with Crippen LogP contribution in [0.4, 0.5) is 14.5 Å². The summed E-state index contributed by atoms with van der Waals surface area (Å²) in [5, 5.41) is 0.435. The van der Waals surface area contributed by atoms with Gasteiger partial charge in [-0.05, 0) is 24.3 Å². The van der Waals surface area contributed by atoms with Gasteiger partial charge in [0.15, 0.2) is 0 Å². The van der Waals surface area contributed by atoms with Gasteiger partial charge in [0.1, 0.15) is 11.6 Å². The standard InChI is InChI=1S/C16H11F2NO2S/c17-13-9-10-16(12-6-2-1-5-11(12)13)22(20,21)19-15-8-4-3-7-14(15)18/h1-10,19H. The van der Waals surface area contributed by atoms with E-state index in [1.165, 1.54) is 36.4 Å². The molecule has 0 aliphatic carbocycles. The second-order valence-electron chi connectivity index (χ2n) is 4.68. The van der Waals surface area contributed by atoms with Gasteiger partial charge in [-0.2, -0.15) is 0 Å². The maximum atomic E-state index is 13.8. The van der Waals surface area contributed by atoms with Crippen LogP contribution in [0.2, 0.25) is 0 Å². The lowest BCUT2D eigenvalue weighted by Gasteiger charge is -2.11. The largest absolute Gasteiger partial charge is 0.277 e. The number of fused-ring (bicyclic) bond motifs is 1. The van der Waals surface area contributed by atoms with Gasteiger partial charge in [0.2, 0.25) is 0 Å². The van der Waals surface area contributed by atoms with E-state index in [2.05, 4.69) is 4.72 Å². The van der Waals surface area contributed by atoms with Gasteiger partial charge in [0, 0.05) is 10.8 Å². The number of nitrogens with one attached hydrogen (secondary N) is 1. The van der Waals surface area contributed by atoms with E-state index in [1.807, 2.05) is 0 Å². The highest BCUT2D eigenvalue weighted by Crippen LogP contribution is 2.27. The molecule has 0 aliphatic rings. The van der Waals surface area contributed by atoms with Crippen molar-refractivity contribution >= 4 is 26.5 Å². The van der Waals surface area contributed by atoms with Gasteiger partial charge in [-0.3, -0.25) is 4.72 Å². The van der Waals surface area contributed by atoms with Crippen LogP contribution in [-0.2, 0) is 10.0 Å². The van der Waals surface area contributed by atoms with Crippen molar-refractivity contribution in [3.05, 3.63) is 72.3 Å². The second kappa shape index (κ2) is 5.38. The molecule has 112 valence electrons. The van der Waals surface area contributed by atoms with E-state index in [4.69, 9.17) is 0 Å². The topological polar surface area (TPSA) is 46.2 Å². The molecule has 0 unspecified atom stereocenters. The molecule has 0 amide bonds. The summed E-state index contributed by atoms with van der Waals surface area (Å²) < 4.78 is 54.5. The van der Waals surface area contributed by atoms with Crippen molar-refractivity contribution in [2.45, 2.75) is 4.90 Å². The van der Waals surface area contributed by atoms with E-state index < -0.39 is 21.7 Å². The van der Waals surface area contributed by atoms with E-state index in [-0.39, 0.29) is 21.4 Å². The molecule has 0 saturated heterocycles. The third kappa shape index (κ3) is 2.53. The minimum atomic E-state index is -4.04. The van der Waals surface area contributed by atoms with Crippen molar-refractivity contribution in [3.63, 3.8) is 0 Å². The fourth-order valence-electron chi connectivity index (χ4n) is 2.21. The van der Waals surface area contributed by atoms with Crippen molar-refractivity contribution < 1.29 is 17.2 Å². The summed E-state index contributed by atoms with van der Waals surface area (Å²) in [6, 6.07) is 13.9. The van der Waals surface area contributed by atoms with Gasteiger partial charge in [0.05, 0.1) is 10.6 Å². The lowest BCUT2D eigenvalue weighted by Crippen LogP contribution is -2.14. The van der Waals surface area contributed by atoms with Gasteiger partial charge >= 0.3 is 0 Å². The zero-order chi connectivity index (χ0) is 15.7. The molecular weight excluding hydrogens is 308 g/mol. The monoisotopic (exact) mass is 319 g/mol. The Hall–Kier alpha value is -2.47. The van der Waals surface area contributed by atoms with Crippen LogP contribution in [0, 0.1) is 11.6 Å². The van der Waals surface area contributed by atoms with Crippen LogP contribution in [0.5, 0.6) is 0 Å². The Bertz CT molecular complexity index is 955. The number of para-hydroxylation sites is 1. The summed E-state index contributed by atoms with van der Waals surface area (Å²) in [5.41, 5.74) is -0.157. The summed E-state index contributed by atoms with van der Waals surface area (Å²) in [6.45, 7) is 0. The normalized spacial score (nSPS) is 11.5. The maximum absolute atomic E-state index is 13.8. The first-order valence-corrected chi connectivity index (χ1v) is 7.92. The number of benzene rings is 3. The molecule has 3 aromatic carbocycles. The molecule has 3 rings (SSSR count). The fraction of sp³-hybridized carbons (Fsp3) is 0. The van der Waals surface area contributed by atoms with Crippen LogP contribution in [0.1, 0.15) is 0 Å². The number of sulfonamides is 1. The molecule has 0 aliphatic heterocycles. The van der Waals surface area contributed by atoms with Crippen molar-refractivity contribution in [1.29, 1.82) is 0 Å². The molecule has 0 heterocycles. The molecule has 3 aromatic rings. The maximum Gasteiger partial charge on any atom is 0.262 e. The van der Waals surface area contributed by atoms with Crippen molar-refractivity contribution in [1.82, 2.24) is 0 Å². The zero-order valence-electron chi connectivity index (χ0n) is 11.3. The highest BCUT2D eigenvalue weighted by atomic mass is 32.2. The minimum absolute atomic E-state index is 0.104. The van der Waals surface area contributed by atoms with Crippen LogP contribution in [0.15, 0.2) is 65.6 Å². The molecule has 0 atom stereocenters. The number of hydrogen-bond donors (Lipinski definition) is 1. The van der Waals surface area contributed by atoms with E-state index >= 15 is 0 Å². The minimum Gasteiger partial charge on any atom is -0.277 e. The predicted molar refractivity (Wildman–Crippen MR) is 81.1 cm³/mol. The SMILES string of the molecule is O=S(=O)(Nc1ccccc1F)c1ccc(F)c2ccccc12. The number of halogens is 2. The molecule has 6 heteroatoms. The number of hydrogen-bond acceptors (Lipinski definition) is 2. The summed E-state index contributed by atoms with van der Waals surface area (Å²) >= 11 is 0. The summed E-state index contributed by atoms with van der Waals surface area (Å²) in [5.74, 6) is -1.20. The van der Waals surface area contributed by atoms with E-state index in [1.54, 1.807) is 12.1 Å². The first-order valence-electron chi connectivity index (χ1n) is 6.43. The molecule has 0 spiro atoms. The lowest BCUT2D eigenvalue weighted by molar-refractivity contribution is 0.599. The van der Waals surface area contributed by atoms with Crippen LogP contribution >= 0.6 is 0 Å². The number of anilines is 1. The Balaban J connectivity index is 2.14. The highest BCUT2D eigenvalue weighted by Gasteiger charge is 2.20. The van der Waals surface area contributed by atoms with E-state index in [0.29, 0.717) is 0 Å². The fourth-order valence-corrected chi connectivity index (χ4v) is 3.49. The van der Waals surface area contributed by atoms with Gasteiger partial charge in [-0.1, -0.05) is 36.4 Å². The molecule has 22 heavy (non-hydrogen) atoms. The third-order valence-electron chi connectivity index (χ3n) is 3.24. The number of rotatable bonds is 3. The van der Waals surface area contributed by atoms with Crippen molar-refractivity contribution in [2.24, 2.45) is 0 Å². The highest BCUT2D eigenvalue weighted by molar-refractivity contribution is 7.93. The quantitative estimate of drug-likeness (QED) is 0.795. The first kappa shape index (κ1) is 14.5. The van der Waals surface area contributed by atoms with Crippen LogP contribution in [0.25, 0.3) is 10.8 Å². The Kier molecular flexibility index (Phi) is 3.54. The molecule has 0 bridgehead atoms. The smallest absolute Gasteiger partial charge is 0.262 e. The molecule has 0 fully saturated rings. The molecule has 0 radical (unpaired) electrons. The first-order chi connectivity index (χ1) is 10.5. The van der Waals surface area contributed by atoms with Crippen LogP contribution in [-0.4, -0.2) is 8.42 Å². The van der Waals surface area contributed by atoms with Gasteiger partial charge in [-0.15, -0.1) is 0 Å². The van der Waals surface area contributed by atoms with Crippen LogP contribution < -0.4 is 4.72 Å². The van der Waals surface area contributed by atoms with Crippen LogP contribution in [0.3, 0.4) is 0 Å². The van der Waals surface area contributed by atoms with E-state index in [0.717, 1.165) is 12.1 Å². The molecule has 0 saturated carbocycles. The Morgan fingerprint density at radius 2 is 1.36 bits per heavy atom. The molecule has 1 N–H and O–H groups in total. The van der Waals surface area contributed by atoms with Crippen molar-refractivity contribution in [2.75, 3.05) is 4.72 Å². The van der Waals surface area contributed by atoms with Gasteiger partial charge < -0.3 is 0 Å². The zero-order valence-corrected chi connectivity index (χ0v) is 12.1. The molecule has 0 aromatic heterocycles. The molecular formula is C16H11F2NO2S. The average molecular weight is 319 g/mol. The summed E-state index contributed by atoms with van der Waals surface area (Å²) in [4.78, 5) is -0.104. The summed E-state index contributed by atoms with van der Waals surface area (Å²) in [7, 11) is -4.04. The lowest BCUT2D eigenvalue weighted by atomic mass is 10.1. The average Bonchev–Trinajstić information content (AvgIpc) is 2.50. The van der Waals surface area contributed by atoms with Crippen molar-refractivity contribution in [3.8, 4) is 0 Å². The molecule has 3 nitrogen and oxygen atoms in total. The Morgan fingerprint density at radius 3 is 2.09 bits per heavy atom. The second-order valence-corrected chi connectivity index (χ2v) is 6.33.